The lowest BCUT2D eigenvalue weighted by atomic mass is 10.2. The van der Waals surface area contributed by atoms with Crippen molar-refractivity contribution in [3.63, 3.8) is 0 Å². The van der Waals surface area contributed by atoms with Crippen molar-refractivity contribution in [3.8, 4) is 0 Å². The molecule has 5 nitrogen and oxygen atoms in total. The summed E-state index contributed by atoms with van der Waals surface area (Å²) in [4.78, 5) is 2.26. The molecular formula is C21H27Cl2F2N5S2. The van der Waals surface area contributed by atoms with E-state index < -0.39 is 5.82 Å². The molecular weight excluding hydrogens is 495 g/mol. The Morgan fingerprint density at radius 1 is 1.16 bits per heavy atom. The van der Waals surface area contributed by atoms with Crippen molar-refractivity contribution in [1.29, 1.82) is 0 Å². The molecule has 1 atom stereocenters. The smallest absolute Gasteiger partial charge is 0.140 e. The van der Waals surface area contributed by atoms with Gasteiger partial charge >= 0.3 is 0 Å². The van der Waals surface area contributed by atoms with Gasteiger partial charge in [-0.3, -0.25) is 0 Å². The summed E-state index contributed by atoms with van der Waals surface area (Å²) in [6.07, 6.45) is 1.68. The fourth-order valence-electron chi connectivity index (χ4n) is 2.67. The third-order valence-electron chi connectivity index (χ3n) is 4.21. The molecule has 1 aliphatic heterocycles. The van der Waals surface area contributed by atoms with Gasteiger partial charge < -0.3 is 20.9 Å². The summed E-state index contributed by atoms with van der Waals surface area (Å²) < 4.78 is 32.2. The van der Waals surface area contributed by atoms with Crippen LogP contribution in [0.4, 0.5) is 25.8 Å². The first-order valence-corrected chi connectivity index (χ1v) is 12.4. The Kier molecular flexibility index (Phi) is 11.2. The lowest BCUT2D eigenvalue weighted by Crippen LogP contribution is -2.28. The number of hydrogen-bond acceptors (Lipinski definition) is 7. The second-order valence-electron chi connectivity index (χ2n) is 6.41. The van der Waals surface area contributed by atoms with Gasteiger partial charge in [0.05, 0.1) is 31.3 Å². The van der Waals surface area contributed by atoms with E-state index in [1.165, 1.54) is 30.0 Å². The summed E-state index contributed by atoms with van der Waals surface area (Å²) in [7, 11) is 3.71. The lowest BCUT2D eigenvalue weighted by molar-refractivity contribution is 0.601. The van der Waals surface area contributed by atoms with Crippen molar-refractivity contribution < 1.29 is 8.78 Å². The molecule has 1 heterocycles. The van der Waals surface area contributed by atoms with Crippen LogP contribution in [-0.4, -0.2) is 32.7 Å². The number of anilines is 3. The maximum absolute atomic E-state index is 14.7. The molecule has 0 spiro atoms. The van der Waals surface area contributed by atoms with Gasteiger partial charge in [-0.2, -0.15) is 0 Å². The highest BCUT2D eigenvalue weighted by molar-refractivity contribution is 8.06. The number of benzene rings is 2. The van der Waals surface area contributed by atoms with Crippen LogP contribution in [0.2, 0.25) is 5.02 Å². The molecule has 0 saturated heterocycles. The van der Waals surface area contributed by atoms with E-state index in [4.69, 9.17) is 23.2 Å². The van der Waals surface area contributed by atoms with E-state index in [9.17, 15) is 8.78 Å². The van der Waals surface area contributed by atoms with Gasteiger partial charge in [0.15, 0.2) is 0 Å². The van der Waals surface area contributed by atoms with Crippen LogP contribution >= 0.6 is 46.9 Å². The minimum Gasteiger partial charge on any atom is -0.372 e. The molecule has 1 aliphatic rings. The molecule has 0 saturated carbocycles. The molecule has 11 heteroatoms. The van der Waals surface area contributed by atoms with Crippen molar-refractivity contribution in [2.24, 2.45) is 0 Å². The number of halogens is 4. The quantitative estimate of drug-likeness (QED) is 0.289. The fourth-order valence-corrected chi connectivity index (χ4v) is 4.75. The molecule has 32 heavy (non-hydrogen) atoms. The molecule has 1 unspecified atom stereocenters. The summed E-state index contributed by atoms with van der Waals surface area (Å²) in [5, 5.41) is 9.55. The molecule has 0 amide bonds. The van der Waals surface area contributed by atoms with Crippen LogP contribution in [0.25, 0.3) is 0 Å². The molecule has 0 bridgehead atoms. The Morgan fingerprint density at radius 2 is 1.91 bits per heavy atom. The third-order valence-corrected chi connectivity index (χ3v) is 6.77. The molecule has 0 aromatic heterocycles. The summed E-state index contributed by atoms with van der Waals surface area (Å²) in [5.74, 6) is -0.788. The topological polar surface area (TPSA) is 51.4 Å². The van der Waals surface area contributed by atoms with Gasteiger partial charge in [0.1, 0.15) is 17.1 Å². The molecule has 0 radical (unpaired) electrons. The van der Waals surface area contributed by atoms with Crippen molar-refractivity contribution in [1.82, 2.24) is 15.4 Å². The molecule has 2 aromatic rings. The van der Waals surface area contributed by atoms with Crippen LogP contribution in [-0.2, 0) is 0 Å². The SMILES string of the molecule is CC.CNCCN(C)c1cc(F)ccc1Nc1cc(F)c(SNC2NC=C(Cl)S2)cc1Cl. The van der Waals surface area contributed by atoms with Gasteiger partial charge in [0.25, 0.3) is 0 Å². The van der Waals surface area contributed by atoms with Crippen LogP contribution in [0.15, 0.2) is 45.8 Å². The maximum atomic E-state index is 14.7. The summed E-state index contributed by atoms with van der Waals surface area (Å²) >= 11 is 14.8. The Labute approximate surface area is 206 Å². The molecule has 0 fully saturated rings. The number of nitrogens with zero attached hydrogens (tertiary/aromatic N) is 1. The van der Waals surface area contributed by atoms with Crippen LogP contribution < -0.4 is 25.6 Å². The van der Waals surface area contributed by atoms with E-state index in [1.807, 2.05) is 32.8 Å². The third kappa shape index (κ3) is 7.60. The monoisotopic (exact) mass is 521 g/mol. The average molecular weight is 523 g/mol. The number of rotatable bonds is 9. The van der Waals surface area contributed by atoms with E-state index in [0.717, 1.165) is 18.5 Å². The fraction of sp³-hybridized carbons (Fsp3) is 0.333. The van der Waals surface area contributed by atoms with Crippen LogP contribution in [0.1, 0.15) is 13.8 Å². The van der Waals surface area contributed by atoms with Crippen molar-refractivity contribution in [2.75, 3.05) is 37.4 Å². The van der Waals surface area contributed by atoms with Crippen molar-refractivity contribution in [2.45, 2.75) is 24.2 Å². The first-order chi connectivity index (χ1) is 15.4. The maximum Gasteiger partial charge on any atom is 0.140 e. The zero-order chi connectivity index (χ0) is 23.7. The lowest BCUT2D eigenvalue weighted by Gasteiger charge is -2.23. The van der Waals surface area contributed by atoms with E-state index in [-0.39, 0.29) is 11.3 Å². The van der Waals surface area contributed by atoms with Gasteiger partial charge in [-0.1, -0.05) is 48.8 Å². The average Bonchev–Trinajstić information content (AvgIpc) is 3.21. The molecule has 4 N–H and O–H groups in total. The Morgan fingerprint density at radius 3 is 2.56 bits per heavy atom. The minimum absolute atomic E-state index is 0.159. The molecule has 0 aliphatic carbocycles. The Hall–Kier alpha value is -1.36. The first kappa shape index (κ1) is 26.9. The van der Waals surface area contributed by atoms with Gasteiger partial charge in [-0.05, 0) is 43.3 Å². The summed E-state index contributed by atoms with van der Waals surface area (Å²) in [6, 6.07) is 7.26. The standard InChI is InChI=1S/C19H21Cl2F2N5S2.C2H6/c1-24-5-6-28(2)16-7-11(22)3-4-14(16)26-15-9-13(23)17(8-12(15)20)30-27-19-25-10-18(21)29-19;1-2/h3-4,7-10,19,24-27H,5-6H2,1-2H3;1-2H3. The summed E-state index contributed by atoms with van der Waals surface area (Å²) in [6.45, 7) is 5.40. The van der Waals surface area contributed by atoms with Gasteiger partial charge in [0.2, 0.25) is 0 Å². The molecule has 176 valence electrons. The number of thioether (sulfide) groups is 1. The first-order valence-electron chi connectivity index (χ1n) is 9.99. The summed E-state index contributed by atoms with van der Waals surface area (Å²) in [5.41, 5.74) is 1.51. The highest BCUT2D eigenvalue weighted by atomic mass is 35.5. The second kappa shape index (κ2) is 13.4. The number of nitrogens with one attached hydrogen (secondary N) is 4. The second-order valence-corrected chi connectivity index (χ2v) is 9.47. The Bertz CT molecular complexity index is 933. The highest BCUT2D eigenvalue weighted by Gasteiger charge is 2.18. The van der Waals surface area contributed by atoms with Gasteiger partial charge in [-0.15, -0.1) is 0 Å². The number of hydrogen-bond donors (Lipinski definition) is 4. The Balaban J connectivity index is 0.00000176. The van der Waals surface area contributed by atoms with E-state index in [1.54, 1.807) is 18.3 Å². The van der Waals surface area contributed by atoms with Crippen molar-refractivity contribution in [3.05, 3.63) is 57.6 Å². The minimum atomic E-state index is -0.436. The number of likely N-dealkylation sites (N-methyl/N-ethyl adjacent to an activating group) is 2. The van der Waals surface area contributed by atoms with E-state index in [0.29, 0.717) is 37.9 Å². The predicted molar refractivity (Wildman–Crippen MR) is 137 cm³/mol. The largest absolute Gasteiger partial charge is 0.372 e. The van der Waals surface area contributed by atoms with Crippen LogP contribution in [0.3, 0.4) is 0 Å². The van der Waals surface area contributed by atoms with E-state index >= 15 is 0 Å². The van der Waals surface area contributed by atoms with Crippen molar-refractivity contribution >= 4 is 64.0 Å². The predicted octanol–water partition coefficient (Wildman–Crippen LogP) is 6.30. The highest BCUT2D eigenvalue weighted by Crippen LogP contribution is 2.36. The van der Waals surface area contributed by atoms with Crippen LogP contribution in [0.5, 0.6) is 0 Å². The normalized spacial score (nSPS) is 14.9. The zero-order valence-electron chi connectivity index (χ0n) is 18.2. The zero-order valence-corrected chi connectivity index (χ0v) is 21.4. The van der Waals surface area contributed by atoms with E-state index in [2.05, 4.69) is 20.7 Å². The van der Waals surface area contributed by atoms with Crippen LogP contribution in [0, 0.1) is 11.6 Å². The van der Waals surface area contributed by atoms with Gasteiger partial charge in [-0.25, -0.2) is 13.5 Å². The van der Waals surface area contributed by atoms with Gasteiger partial charge in [0, 0.05) is 32.4 Å². The molecule has 2 aromatic carbocycles. The molecule has 3 rings (SSSR count).